The van der Waals surface area contributed by atoms with Crippen molar-refractivity contribution in [2.75, 3.05) is 58.1 Å². The number of thioether (sulfide) groups is 2. The van der Waals surface area contributed by atoms with Crippen molar-refractivity contribution in [2.24, 2.45) is 0 Å². The monoisotopic (exact) mass is 1500 g/mol. The minimum absolute atomic E-state index is 0.00386. The van der Waals surface area contributed by atoms with Crippen LogP contribution in [0.5, 0.6) is 5.75 Å². The summed E-state index contributed by atoms with van der Waals surface area (Å²) in [5, 5.41) is 21.4. The number of rotatable bonds is 25. The van der Waals surface area contributed by atoms with Gasteiger partial charge in [0.15, 0.2) is 21.3 Å². The van der Waals surface area contributed by atoms with Crippen LogP contribution in [0.2, 0.25) is 0 Å². The Balaban J connectivity index is 0.000000168. The van der Waals surface area contributed by atoms with E-state index < -0.39 is 0 Å². The Labute approximate surface area is 628 Å². The minimum Gasteiger partial charge on any atom is -0.490 e. The Morgan fingerprint density at radius 3 is 1.48 bits per heavy atom. The zero-order chi connectivity index (χ0) is 73.6. The van der Waals surface area contributed by atoms with Gasteiger partial charge in [-0.05, 0) is 160 Å². The predicted molar refractivity (Wildman–Crippen MR) is 419 cm³/mol. The standard InChI is InChI=1S/C27H33N5O3S.C26H32N4O3S2.C24H25N5O2S2/c1-5-23(33)30-19-10-8-18(9-11-19)25(34)32-14-6-7-20(17-32)31-26-29-15-21(36-26)12-13-24-28-16-22(35-24)27(2,3)4;1-5-22(31)29-17-9-11-19(12-10-17)32-20-8-6-7-18(13-20)30-25-28-15-24(35-25)34-16-23-27-14-21(33-23)26(2,3)4;1-2-21(30)27-19-7-5-18(6-8-19)23(31)29-13-3-4-20(15-29)28-24-26-14-22(33-24)32-16-17-9-11-25-12-10-17/h5,8-11,15-16,20H,1,6-7,12-14,17H2,2-4H3,(H,29,31)(H,30,33);5,9-12,14-15,18,20H,1,6-8,13,16H2,2-4H3,(H,28,30)(H,29,31);2,5-12,14,20H,1,3-4,13,15-16H2,(H,26,28)(H,27,30)/t20-;18-,20?;20-/m111/s1. The van der Waals surface area contributed by atoms with Crippen LogP contribution in [0, 0.1) is 0 Å². The van der Waals surface area contributed by atoms with Crippen molar-refractivity contribution in [3.8, 4) is 5.75 Å². The first kappa shape index (κ1) is 77.2. The van der Waals surface area contributed by atoms with Gasteiger partial charge in [-0.25, -0.2) is 24.9 Å². The SMILES string of the molecule is C=CC(=O)Nc1ccc(C(=O)N2CCC[C@@H](Nc3ncc(CCc4ncc(C(C)(C)C)o4)s3)C2)cc1.C=CC(=O)Nc1ccc(C(=O)N2CCC[C@@H](Nc3ncc(SCc4ccncc4)s3)C2)cc1.C=CC(=O)Nc1ccc(OC2CCC[C@@H](Nc3ncc(SCc4ncc(C(C)(C)C)o4)s3)C2)cc1. The molecular weight excluding hydrogens is 1410 g/mol. The smallest absolute Gasteiger partial charge is 0.253 e. The largest absolute Gasteiger partial charge is 0.490 e. The van der Waals surface area contributed by atoms with Gasteiger partial charge in [0.05, 0.1) is 39.0 Å². The maximum atomic E-state index is 13.0. The normalized spacial score (nSPS) is 16.6. The first-order valence-corrected chi connectivity index (χ1v) is 39.1. The number of nitrogens with one attached hydrogen (secondary N) is 6. The summed E-state index contributed by atoms with van der Waals surface area (Å²) in [6.45, 7) is 25.7. The third-order valence-corrected chi connectivity index (χ3v) is 22.3. The quantitative estimate of drug-likeness (QED) is 0.0229. The Hall–Kier alpha value is -9.41. The Kier molecular flexibility index (Phi) is 27.7. The summed E-state index contributed by atoms with van der Waals surface area (Å²) < 4.78 is 20.3. The Morgan fingerprint density at radius 1 is 0.529 bits per heavy atom. The second-order valence-corrected chi connectivity index (χ2v) is 33.0. The van der Waals surface area contributed by atoms with Crippen LogP contribution in [0.4, 0.5) is 32.5 Å². The molecule has 2 saturated heterocycles. The summed E-state index contributed by atoms with van der Waals surface area (Å²) in [4.78, 5) is 91.7. The first-order valence-electron chi connectivity index (χ1n) is 34.7. The number of hydrogen-bond acceptors (Lipinski definition) is 22. The van der Waals surface area contributed by atoms with Gasteiger partial charge in [0, 0.05) is 125 Å². The first-order chi connectivity index (χ1) is 50.1. The lowest BCUT2D eigenvalue weighted by Gasteiger charge is -2.33. The third kappa shape index (κ3) is 23.8. The summed E-state index contributed by atoms with van der Waals surface area (Å²) in [6, 6.07) is 26.0. The molecule has 6 N–H and O–H groups in total. The molecule has 5 amide bonds. The molecule has 0 radical (unpaired) electrons. The number of amides is 5. The van der Waals surface area contributed by atoms with Gasteiger partial charge in [-0.2, -0.15) is 0 Å². The lowest BCUT2D eigenvalue weighted by Crippen LogP contribution is -2.45. The number of ether oxygens (including phenoxy) is 1. The van der Waals surface area contributed by atoms with E-state index in [9.17, 15) is 24.0 Å². The van der Waals surface area contributed by atoms with Crippen molar-refractivity contribution < 1.29 is 37.5 Å². The topological polar surface area (TPSA) is 277 Å². The van der Waals surface area contributed by atoms with Crippen molar-refractivity contribution in [1.29, 1.82) is 0 Å². The van der Waals surface area contributed by atoms with Crippen LogP contribution in [0.15, 0.2) is 184 Å². The molecular formula is C77H90N14O8S5. The molecule has 3 fully saturated rings. The van der Waals surface area contributed by atoms with E-state index in [-0.39, 0.29) is 58.6 Å². The molecule has 0 bridgehead atoms. The van der Waals surface area contributed by atoms with Crippen LogP contribution in [0.1, 0.15) is 147 Å². The molecule has 0 spiro atoms. The maximum Gasteiger partial charge on any atom is 0.253 e. The number of aryl methyl sites for hydroxylation is 2. The molecule has 9 aromatic rings. The molecule has 3 aliphatic rings. The average Bonchev–Trinajstić information content (AvgIpc) is 1.43. The fraction of sp³-hybridized carbons (Fsp3) is 0.364. The van der Waals surface area contributed by atoms with Crippen molar-refractivity contribution in [2.45, 2.75) is 161 Å². The lowest BCUT2D eigenvalue weighted by molar-refractivity contribution is -0.112. The number of carbonyl (C=O) groups excluding carboxylic acids is 5. The lowest BCUT2D eigenvalue weighted by atomic mass is 9.93. The van der Waals surface area contributed by atoms with Crippen LogP contribution in [0.25, 0.3) is 0 Å². The van der Waals surface area contributed by atoms with Crippen molar-refractivity contribution >= 4 is 120 Å². The van der Waals surface area contributed by atoms with E-state index in [2.05, 4.69) is 123 Å². The summed E-state index contributed by atoms with van der Waals surface area (Å²) in [6.07, 6.45) is 26.3. The van der Waals surface area contributed by atoms with Gasteiger partial charge in [-0.1, -0.05) is 84.0 Å². The molecule has 3 aromatic carbocycles. The molecule has 1 saturated carbocycles. The van der Waals surface area contributed by atoms with Gasteiger partial charge >= 0.3 is 0 Å². The summed E-state index contributed by atoms with van der Waals surface area (Å²) >= 11 is 8.39. The van der Waals surface area contributed by atoms with Gasteiger partial charge in [0.25, 0.3) is 11.8 Å². The Morgan fingerprint density at radius 2 is 0.981 bits per heavy atom. The van der Waals surface area contributed by atoms with Crippen LogP contribution >= 0.6 is 57.5 Å². The highest BCUT2D eigenvalue weighted by atomic mass is 32.2. The number of anilines is 6. The molecule has 1 unspecified atom stereocenters. The number of likely N-dealkylation sites (tertiary alicyclic amines) is 2. The van der Waals surface area contributed by atoms with E-state index >= 15 is 0 Å². The molecule has 546 valence electrons. The summed E-state index contributed by atoms with van der Waals surface area (Å²) in [7, 11) is 0. The molecule has 104 heavy (non-hydrogen) atoms. The number of aromatic nitrogens is 6. The molecule has 12 rings (SSSR count). The van der Waals surface area contributed by atoms with E-state index in [1.54, 1.807) is 118 Å². The molecule has 2 aliphatic heterocycles. The Bertz CT molecular complexity index is 4310. The third-order valence-electron chi connectivity index (χ3n) is 17.0. The molecule has 8 heterocycles. The maximum absolute atomic E-state index is 13.0. The number of piperidine rings is 2. The summed E-state index contributed by atoms with van der Waals surface area (Å²) in [5.74, 6) is 4.87. The minimum atomic E-state index is -0.281. The van der Waals surface area contributed by atoms with Crippen LogP contribution in [0.3, 0.4) is 0 Å². The number of pyridine rings is 1. The van der Waals surface area contributed by atoms with E-state index in [0.29, 0.717) is 47.4 Å². The predicted octanol–water partition coefficient (Wildman–Crippen LogP) is 16.4. The molecule has 1 aliphatic carbocycles. The number of benzene rings is 3. The second kappa shape index (κ2) is 37.3. The highest BCUT2D eigenvalue weighted by molar-refractivity contribution is 8.00. The van der Waals surface area contributed by atoms with E-state index in [0.717, 1.165) is 142 Å². The van der Waals surface area contributed by atoms with Crippen LogP contribution in [-0.4, -0.2) is 120 Å². The van der Waals surface area contributed by atoms with Crippen LogP contribution < -0.4 is 36.6 Å². The zero-order valence-corrected chi connectivity index (χ0v) is 63.6. The van der Waals surface area contributed by atoms with E-state index in [4.69, 9.17) is 13.6 Å². The van der Waals surface area contributed by atoms with E-state index in [1.807, 2.05) is 77.2 Å². The number of oxazole rings is 2. The molecule has 6 aromatic heterocycles. The fourth-order valence-corrected chi connectivity index (χ4v) is 16.0. The van der Waals surface area contributed by atoms with Crippen molar-refractivity contribution in [3.63, 3.8) is 0 Å². The van der Waals surface area contributed by atoms with Gasteiger partial charge in [-0.15, -0.1) is 34.9 Å². The number of hydrogen-bond donors (Lipinski definition) is 6. The number of carbonyl (C=O) groups is 5. The molecule has 22 nitrogen and oxygen atoms in total. The number of thiazole rings is 3. The zero-order valence-electron chi connectivity index (χ0n) is 59.5. The molecule has 4 atom stereocenters. The van der Waals surface area contributed by atoms with Crippen molar-refractivity contribution in [1.82, 2.24) is 39.7 Å². The highest BCUT2D eigenvalue weighted by Gasteiger charge is 2.29. The van der Waals surface area contributed by atoms with Gasteiger partial charge < -0.3 is 55.3 Å². The second-order valence-electron chi connectivity index (χ2n) is 27.2. The fourth-order valence-electron chi connectivity index (χ4n) is 11.4. The molecule has 27 heteroatoms. The van der Waals surface area contributed by atoms with Crippen LogP contribution in [-0.2, 0) is 49.6 Å². The van der Waals surface area contributed by atoms with Gasteiger partial charge in [-0.3, -0.25) is 29.0 Å². The highest BCUT2D eigenvalue weighted by Crippen LogP contribution is 2.36. The average molecular weight is 1500 g/mol. The van der Waals surface area contributed by atoms with Gasteiger partial charge in [0.2, 0.25) is 23.6 Å². The van der Waals surface area contributed by atoms with Gasteiger partial charge in [0.1, 0.15) is 23.4 Å². The number of nitrogens with zero attached hydrogens (tertiary/aromatic N) is 8. The summed E-state index contributed by atoms with van der Waals surface area (Å²) in [5.41, 5.74) is 4.35. The van der Waals surface area contributed by atoms with Crippen molar-refractivity contribution in [3.05, 3.63) is 211 Å². The van der Waals surface area contributed by atoms with E-state index in [1.165, 1.54) is 28.7 Å².